The van der Waals surface area contributed by atoms with Crippen LogP contribution in [0.15, 0.2) is 121 Å². The third-order valence-electron chi connectivity index (χ3n) is 9.90. The average Bonchev–Trinajstić information content (AvgIpc) is 3.29. The third-order valence-corrected chi connectivity index (χ3v) is 12.6. The van der Waals surface area contributed by atoms with Crippen molar-refractivity contribution < 1.29 is 28.7 Å². The molecular formula is C51H47Cl7N4O6S2. The molecule has 70 heavy (non-hydrogen) atoms. The molecule has 1 amide bonds. The van der Waals surface area contributed by atoms with E-state index >= 15 is 0 Å². The van der Waals surface area contributed by atoms with Gasteiger partial charge in [0.2, 0.25) is 0 Å². The van der Waals surface area contributed by atoms with Crippen LogP contribution >= 0.6 is 106 Å². The lowest BCUT2D eigenvalue weighted by molar-refractivity contribution is -0.143. The van der Waals surface area contributed by atoms with Crippen molar-refractivity contribution in [3.05, 3.63) is 196 Å². The van der Waals surface area contributed by atoms with E-state index in [2.05, 4.69) is 16.0 Å². The Morgan fingerprint density at radius 3 is 1.19 bits per heavy atom. The fourth-order valence-corrected chi connectivity index (χ4v) is 9.42. The SMILES string of the molecule is C.COC(=O)C(Cc1ccc(N)cc1)NC(=S)c1c(C)cccc1Cl.COC(=O)C(Cc1ccc(NC(=O)c2c(Cl)cccc2Cl)cc1)NC(=S)c1c(C)cccc1Cl.O=C(Cl)c1c(Cl)cccc1Cl. The monoisotopic (exact) mass is 1120 g/mol. The van der Waals surface area contributed by atoms with Crippen LogP contribution < -0.4 is 21.7 Å². The number of hydrogen-bond acceptors (Lipinski definition) is 9. The van der Waals surface area contributed by atoms with Gasteiger partial charge in [-0.3, -0.25) is 9.59 Å². The summed E-state index contributed by atoms with van der Waals surface area (Å²) < 4.78 is 9.84. The number of nitrogen functional groups attached to an aromatic ring is 1. The molecule has 10 nitrogen and oxygen atoms in total. The quantitative estimate of drug-likeness (QED) is 0.0379. The Morgan fingerprint density at radius 1 is 0.529 bits per heavy atom. The number of rotatable bonds is 13. The van der Waals surface area contributed by atoms with Crippen LogP contribution in [-0.2, 0) is 31.9 Å². The lowest BCUT2D eigenvalue weighted by Crippen LogP contribution is -2.43. The maximum absolute atomic E-state index is 12.6. The van der Waals surface area contributed by atoms with E-state index in [-0.39, 0.29) is 44.6 Å². The van der Waals surface area contributed by atoms with Gasteiger partial charge in [0.05, 0.1) is 55.5 Å². The number of carbonyl (C=O) groups is 4. The van der Waals surface area contributed by atoms with Gasteiger partial charge in [0.15, 0.2) is 0 Å². The number of anilines is 2. The van der Waals surface area contributed by atoms with E-state index in [1.54, 1.807) is 84.9 Å². The number of thiocarbonyl (C=S) groups is 2. The van der Waals surface area contributed by atoms with Gasteiger partial charge < -0.3 is 31.2 Å². The van der Waals surface area contributed by atoms with Crippen molar-refractivity contribution in [3.63, 3.8) is 0 Å². The van der Waals surface area contributed by atoms with Crippen LogP contribution in [0.2, 0.25) is 30.1 Å². The molecule has 5 N–H and O–H groups in total. The molecule has 2 atom stereocenters. The van der Waals surface area contributed by atoms with E-state index in [0.717, 1.165) is 27.8 Å². The number of methoxy groups -OCH3 is 2. The normalized spacial score (nSPS) is 11.1. The van der Waals surface area contributed by atoms with Crippen molar-refractivity contribution >= 4 is 150 Å². The zero-order valence-corrected chi connectivity index (χ0v) is 44.0. The van der Waals surface area contributed by atoms with Crippen LogP contribution in [0.4, 0.5) is 11.4 Å². The molecule has 368 valence electrons. The minimum atomic E-state index is -0.726. The number of aryl methyl sites for hydroxylation is 2. The second-order valence-electron chi connectivity index (χ2n) is 14.7. The molecular weight excluding hydrogens is 1080 g/mol. The predicted octanol–water partition coefficient (Wildman–Crippen LogP) is 13.5. The van der Waals surface area contributed by atoms with E-state index in [4.69, 9.17) is 121 Å². The first-order valence-corrected chi connectivity index (χ1v) is 23.8. The van der Waals surface area contributed by atoms with Gasteiger partial charge in [-0.05, 0) is 108 Å². The zero-order chi connectivity index (χ0) is 50.9. The molecule has 2 unspecified atom stereocenters. The maximum atomic E-state index is 12.6. The molecule has 0 spiro atoms. The number of benzene rings is 6. The molecule has 0 bridgehead atoms. The van der Waals surface area contributed by atoms with E-state index in [1.165, 1.54) is 14.2 Å². The van der Waals surface area contributed by atoms with Crippen molar-refractivity contribution in [2.24, 2.45) is 0 Å². The van der Waals surface area contributed by atoms with Crippen molar-refractivity contribution in [2.75, 3.05) is 25.3 Å². The summed E-state index contributed by atoms with van der Waals surface area (Å²) in [4.78, 5) is 48.6. The lowest BCUT2D eigenvalue weighted by atomic mass is 10.0. The Kier molecular flexibility index (Phi) is 24.4. The second-order valence-corrected chi connectivity index (χ2v) is 18.3. The smallest absolute Gasteiger partial charge is 0.328 e. The topological polar surface area (TPSA) is 149 Å². The molecule has 0 heterocycles. The summed E-state index contributed by atoms with van der Waals surface area (Å²) in [5.41, 5.74) is 12.3. The number of amides is 1. The van der Waals surface area contributed by atoms with Gasteiger partial charge in [0.1, 0.15) is 22.1 Å². The summed E-state index contributed by atoms with van der Waals surface area (Å²) in [5, 5.41) is 10.4. The number of esters is 2. The van der Waals surface area contributed by atoms with Crippen molar-refractivity contribution in [3.8, 4) is 0 Å². The van der Waals surface area contributed by atoms with E-state index in [0.29, 0.717) is 49.8 Å². The summed E-state index contributed by atoms with van der Waals surface area (Å²) in [6.07, 6.45) is 0.734. The zero-order valence-electron chi connectivity index (χ0n) is 37.1. The predicted molar refractivity (Wildman–Crippen MR) is 296 cm³/mol. The lowest BCUT2D eigenvalue weighted by Gasteiger charge is -2.20. The Morgan fingerprint density at radius 2 is 0.857 bits per heavy atom. The highest BCUT2D eigenvalue weighted by atomic mass is 35.5. The first-order valence-electron chi connectivity index (χ1n) is 20.4. The standard InChI is InChI=1S/C25H21Cl3N2O3S.C18H19ClN2O2S.C7H3Cl3O.CH4/c1-14-5-3-6-17(26)21(14)24(34)30-20(25(32)33-2)13-15-9-11-16(12-10-15)29-23(31)22-18(27)7-4-8-19(22)28;1-11-4-3-5-14(19)16(11)17(24)21-15(18(22)23-2)10-12-6-8-13(20)9-7-12;8-4-2-1-3-5(9)6(4)7(10)11;/h3-12,20H,13H2,1-2H3,(H,29,31)(H,30,34);3-9,15H,10,20H2,1-2H3,(H,21,24);1-3H;1H4. The molecule has 0 aromatic heterocycles. The molecule has 0 fully saturated rings. The molecule has 0 saturated heterocycles. The van der Waals surface area contributed by atoms with Gasteiger partial charge in [-0.15, -0.1) is 0 Å². The van der Waals surface area contributed by atoms with Crippen LogP contribution in [0.25, 0.3) is 0 Å². The van der Waals surface area contributed by atoms with E-state index < -0.39 is 29.2 Å². The largest absolute Gasteiger partial charge is 0.467 e. The summed E-state index contributed by atoms with van der Waals surface area (Å²) in [7, 11) is 2.67. The van der Waals surface area contributed by atoms with Crippen LogP contribution in [-0.4, -0.2) is 59.4 Å². The fraction of sp³-hybridized carbons (Fsp3) is 0.176. The van der Waals surface area contributed by atoms with Gasteiger partial charge in [0.25, 0.3) is 11.1 Å². The highest BCUT2D eigenvalue weighted by molar-refractivity contribution is 7.81. The van der Waals surface area contributed by atoms with Gasteiger partial charge in [-0.25, -0.2) is 9.59 Å². The molecule has 0 saturated carbocycles. The molecule has 6 rings (SSSR count). The summed E-state index contributed by atoms with van der Waals surface area (Å²) in [6, 6.07) is 33.7. The summed E-state index contributed by atoms with van der Waals surface area (Å²) in [6.45, 7) is 3.81. The first-order chi connectivity index (χ1) is 32.7. The van der Waals surface area contributed by atoms with Crippen molar-refractivity contribution in [1.82, 2.24) is 10.6 Å². The number of halogens is 7. The van der Waals surface area contributed by atoms with E-state index in [1.807, 2.05) is 50.2 Å². The van der Waals surface area contributed by atoms with Crippen molar-refractivity contribution in [1.29, 1.82) is 0 Å². The van der Waals surface area contributed by atoms with Gasteiger partial charge in [-0.1, -0.05) is 162 Å². The summed E-state index contributed by atoms with van der Waals surface area (Å²) in [5.74, 6) is -1.27. The van der Waals surface area contributed by atoms with Crippen molar-refractivity contribution in [2.45, 2.75) is 46.2 Å². The third kappa shape index (κ3) is 17.1. The Balaban J connectivity index is 0.000000311. The minimum absolute atomic E-state index is 0. The van der Waals surface area contributed by atoms with Crippen LogP contribution in [0.1, 0.15) is 61.5 Å². The summed E-state index contributed by atoms with van der Waals surface area (Å²) >= 11 is 52.2. The maximum Gasteiger partial charge on any atom is 0.328 e. The molecule has 19 heteroatoms. The number of nitrogens with one attached hydrogen (secondary N) is 3. The van der Waals surface area contributed by atoms with Crippen LogP contribution in [0.3, 0.4) is 0 Å². The average molecular weight is 1120 g/mol. The molecule has 0 aliphatic carbocycles. The van der Waals surface area contributed by atoms with E-state index in [9.17, 15) is 19.2 Å². The molecule has 0 radical (unpaired) electrons. The Labute approximate surface area is 453 Å². The van der Waals surface area contributed by atoms with Gasteiger partial charge >= 0.3 is 11.9 Å². The second kappa shape index (κ2) is 28.8. The van der Waals surface area contributed by atoms with Gasteiger partial charge in [0, 0.05) is 35.3 Å². The fourth-order valence-electron chi connectivity index (χ4n) is 6.41. The van der Waals surface area contributed by atoms with Crippen LogP contribution in [0, 0.1) is 13.8 Å². The Hall–Kier alpha value is -4.99. The Bertz CT molecular complexity index is 2750. The molecule has 6 aromatic rings. The number of carbonyl (C=O) groups excluding carboxylic acids is 4. The highest BCUT2D eigenvalue weighted by Gasteiger charge is 2.24. The number of hydrogen-bond donors (Lipinski definition) is 4. The number of nitrogens with two attached hydrogens (primary N) is 1. The number of ether oxygens (including phenoxy) is 2. The minimum Gasteiger partial charge on any atom is -0.467 e. The molecule has 0 aliphatic heterocycles. The van der Waals surface area contributed by atoms with Gasteiger partial charge in [-0.2, -0.15) is 0 Å². The van der Waals surface area contributed by atoms with Crippen LogP contribution in [0.5, 0.6) is 0 Å². The molecule has 0 aliphatic rings. The first kappa shape index (κ1) is 59.3. The molecule has 6 aromatic carbocycles. The highest BCUT2D eigenvalue weighted by Crippen LogP contribution is 2.27.